The maximum atomic E-state index is 13.7. The second kappa shape index (κ2) is 5.35. The lowest BCUT2D eigenvalue weighted by Crippen LogP contribution is -2.02. The van der Waals surface area contributed by atoms with Crippen LogP contribution in [0.4, 0.5) is 14.5 Å². The molecule has 5 heteroatoms. The number of nitrogens with two attached hydrogens (primary N) is 1. The van der Waals surface area contributed by atoms with Crippen molar-refractivity contribution < 1.29 is 13.5 Å². The van der Waals surface area contributed by atoms with Crippen molar-refractivity contribution in [2.75, 3.05) is 5.73 Å². The Kier molecular flexibility index (Phi) is 3.81. The number of hydrogen-bond donors (Lipinski definition) is 1. The van der Waals surface area contributed by atoms with Crippen molar-refractivity contribution >= 4 is 21.6 Å². The predicted octanol–water partition coefficient (Wildman–Crippen LogP) is 3.89. The molecule has 0 radical (unpaired) electrons. The third-order valence-corrected chi connectivity index (χ3v) is 2.99. The quantitative estimate of drug-likeness (QED) is 0.689. The number of halogens is 3. The van der Waals surface area contributed by atoms with Crippen molar-refractivity contribution in [1.82, 2.24) is 0 Å². The Morgan fingerprint density at radius 2 is 1.94 bits per heavy atom. The number of benzene rings is 2. The van der Waals surface area contributed by atoms with E-state index < -0.39 is 11.6 Å². The molecule has 0 bridgehead atoms. The van der Waals surface area contributed by atoms with Gasteiger partial charge in [0.15, 0.2) is 0 Å². The fourth-order valence-electron chi connectivity index (χ4n) is 1.46. The molecule has 94 valence electrons. The van der Waals surface area contributed by atoms with E-state index in [1.54, 1.807) is 24.3 Å². The number of rotatable bonds is 3. The van der Waals surface area contributed by atoms with E-state index in [9.17, 15) is 8.78 Å². The van der Waals surface area contributed by atoms with Gasteiger partial charge in [0.2, 0.25) is 0 Å². The van der Waals surface area contributed by atoms with Crippen LogP contribution < -0.4 is 10.5 Å². The van der Waals surface area contributed by atoms with E-state index in [1.807, 2.05) is 0 Å². The molecule has 0 aliphatic rings. The smallest absolute Gasteiger partial charge is 0.146 e. The van der Waals surface area contributed by atoms with Crippen LogP contribution in [0, 0.1) is 11.6 Å². The van der Waals surface area contributed by atoms with Crippen LogP contribution in [-0.2, 0) is 6.61 Å². The van der Waals surface area contributed by atoms with Gasteiger partial charge in [-0.3, -0.25) is 0 Å². The Hall–Kier alpha value is -1.62. The van der Waals surface area contributed by atoms with Gasteiger partial charge in [-0.2, -0.15) is 0 Å². The highest BCUT2D eigenvalue weighted by Crippen LogP contribution is 2.23. The van der Waals surface area contributed by atoms with Crippen molar-refractivity contribution in [3.05, 3.63) is 58.1 Å². The first kappa shape index (κ1) is 12.8. The third kappa shape index (κ3) is 2.79. The molecular formula is C13H10BrF2NO. The van der Waals surface area contributed by atoms with Crippen LogP contribution in [-0.4, -0.2) is 0 Å². The van der Waals surface area contributed by atoms with Gasteiger partial charge in [-0.1, -0.05) is 6.07 Å². The molecule has 0 unspecified atom stereocenters. The Morgan fingerprint density at radius 1 is 1.17 bits per heavy atom. The fraction of sp³-hybridized carbons (Fsp3) is 0.0769. The Balaban J connectivity index is 2.18. The number of hydrogen-bond acceptors (Lipinski definition) is 2. The minimum atomic E-state index is -0.654. The maximum absolute atomic E-state index is 13.7. The molecule has 0 aliphatic heterocycles. The zero-order chi connectivity index (χ0) is 13.1. The minimum absolute atomic E-state index is 0.119. The lowest BCUT2D eigenvalue weighted by molar-refractivity contribution is 0.292. The molecule has 0 spiro atoms. The number of ether oxygens (including phenoxy) is 1. The van der Waals surface area contributed by atoms with Crippen LogP contribution in [0.5, 0.6) is 5.75 Å². The van der Waals surface area contributed by atoms with Crippen LogP contribution in [0.15, 0.2) is 40.9 Å². The molecule has 0 saturated heterocycles. The molecule has 2 N–H and O–H groups in total. The van der Waals surface area contributed by atoms with Crippen molar-refractivity contribution in [2.45, 2.75) is 6.61 Å². The summed E-state index contributed by atoms with van der Waals surface area (Å²) in [7, 11) is 0. The molecule has 0 heterocycles. The van der Waals surface area contributed by atoms with Crippen LogP contribution in [0.3, 0.4) is 0 Å². The molecule has 0 atom stereocenters. The van der Waals surface area contributed by atoms with Gasteiger partial charge < -0.3 is 10.5 Å². The van der Waals surface area contributed by atoms with Gasteiger partial charge in [-0.15, -0.1) is 0 Å². The van der Waals surface area contributed by atoms with Gasteiger partial charge in [-0.05, 0) is 40.2 Å². The van der Waals surface area contributed by atoms with Gasteiger partial charge in [0.25, 0.3) is 0 Å². The summed E-state index contributed by atoms with van der Waals surface area (Å²) in [5.74, 6) is -0.827. The SMILES string of the molecule is Nc1cccc(OCc2c(F)ccc(Br)c2F)c1. The summed E-state index contributed by atoms with van der Waals surface area (Å²) in [6.07, 6.45) is 0. The monoisotopic (exact) mass is 313 g/mol. The largest absolute Gasteiger partial charge is 0.489 e. The molecule has 0 saturated carbocycles. The fourth-order valence-corrected chi connectivity index (χ4v) is 1.83. The van der Waals surface area contributed by atoms with E-state index in [0.29, 0.717) is 11.4 Å². The van der Waals surface area contributed by atoms with Gasteiger partial charge in [0, 0.05) is 11.8 Å². The van der Waals surface area contributed by atoms with Crippen LogP contribution >= 0.6 is 15.9 Å². The minimum Gasteiger partial charge on any atom is -0.489 e. The summed E-state index contributed by atoms with van der Waals surface area (Å²) in [6.45, 7) is -0.194. The van der Waals surface area contributed by atoms with Crippen LogP contribution in [0.1, 0.15) is 5.56 Å². The predicted molar refractivity (Wildman–Crippen MR) is 69.2 cm³/mol. The zero-order valence-electron chi connectivity index (χ0n) is 9.29. The standard InChI is InChI=1S/C13H10BrF2NO/c14-11-4-5-12(15)10(13(11)16)7-18-9-3-1-2-8(17)6-9/h1-6H,7,17H2. The summed E-state index contributed by atoms with van der Waals surface area (Å²) in [6, 6.07) is 9.17. The Labute approximate surface area is 112 Å². The molecule has 2 aromatic carbocycles. The highest BCUT2D eigenvalue weighted by atomic mass is 79.9. The first-order valence-corrected chi connectivity index (χ1v) is 5.98. The molecule has 18 heavy (non-hydrogen) atoms. The molecule has 0 amide bonds. The van der Waals surface area contributed by atoms with Crippen molar-refractivity contribution in [2.24, 2.45) is 0 Å². The summed E-state index contributed by atoms with van der Waals surface area (Å²) < 4.78 is 32.6. The molecular weight excluding hydrogens is 304 g/mol. The lowest BCUT2D eigenvalue weighted by Gasteiger charge is -2.09. The van der Waals surface area contributed by atoms with Gasteiger partial charge >= 0.3 is 0 Å². The Bertz CT molecular complexity index is 575. The second-order valence-electron chi connectivity index (χ2n) is 3.68. The number of nitrogen functional groups attached to an aromatic ring is 1. The number of anilines is 1. The first-order chi connectivity index (χ1) is 8.58. The maximum Gasteiger partial charge on any atom is 0.146 e. The summed E-state index contributed by atoms with van der Waals surface area (Å²) in [4.78, 5) is 0. The third-order valence-electron chi connectivity index (χ3n) is 2.38. The molecule has 0 aliphatic carbocycles. The average molecular weight is 314 g/mol. The van der Waals surface area contributed by atoms with E-state index in [-0.39, 0.29) is 16.6 Å². The summed E-state index contributed by atoms with van der Waals surface area (Å²) in [5, 5.41) is 0. The molecule has 0 aromatic heterocycles. The van der Waals surface area contributed by atoms with Crippen molar-refractivity contribution in [1.29, 1.82) is 0 Å². The highest BCUT2D eigenvalue weighted by Gasteiger charge is 2.12. The normalized spacial score (nSPS) is 10.4. The van der Waals surface area contributed by atoms with Gasteiger partial charge in [0.05, 0.1) is 10.0 Å². The second-order valence-corrected chi connectivity index (χ2v) is 4.54. The van der Waals surface area contributed by atoms with Gasteiger partial charge in [-0.25, -0.2) is 8.78 Å². The van der Waals surface area contributed by atoms with Crippen molar-refractivity contribution in [3.63, 3.8) is 0 Å². The van der Waals surface area contributed by atoms with E-state index in [2.05, 4.69) is 15.9 Å². The summed E-state index contributed by atoms with van der Waals surface area (Å²) in [5.41, 5.74) is 5.99. The molecule has 2 aromatic rings. The van der Waals surface area contributed by atoms with Crippen LogP contribution in [0.2, 0.25) is 0 Å². The Morgan fingerprint density at radius 3 is 2.67 bits per heavy atom. The molecule has 2 nitrogen and oxygen atoms in total. The lowest BCUT2D eigenvalue weighted by atomic mass is 10.2. The van der Waals surface area contributed by atoms with Gasteiger partial charge in [0.1, 0.15) is 24.0 Å². The van der Waals surface area contributed by atoms with E-state index in [0.717, 1.165) is 0 Å². The first-order valence-electron chi connectivity index (χ1n) is 5.18. The van der Waals surface area contributed by atoms with E-state index in [1.165, 1.54) is 12.1 Å². The highest BCUT2D eigenvalue weighted by molar-refractivity contribution is 9.10. The zero-order valence-corrected chi connectivity index (χ0v) is 10.9. The van der Waals surface area contributed by atoms with Crippen molar-refractivity contribution in [3.8, 4) is 5.75 Å². The molecule has 2 rings (SSSR count). The molecule has 0 fully saturated rings. The van der Waals surface area contributed by atoms with E-state index in [4.69, 9.17) is 10.5 Å². The topological polar surface area (TPSA) is 35.2 Å². The summed E-state index contributed by atoms with van der Waals surface area (Å²) >= 11 is 3.00. The van der Waals surface area contributed by atoms with E-state index >= 15 is 0 Å². The van der Waals surface area contributed by atoms with Crippen LogP contribution in [0.25, 0.3) is 0 Å². The average Bonchev–Trinajstić information content (AvgIpc) is 2.34.